The number of hydrogen-bond acceptors (Lipinski definition) is 5. The van der Waals surface area contributed by atoms with Gasteiger partial charge in [0.2, 0.25) is 17.7 Å². The molecule has 3 unspecified atom stereocenters. The second kappa shape index (κ2) is 13.6. The Bertz CT molecular complexity index is 1440. The molecule has 8 nitrogen and oxygen atoms in total. The maximum atomic E-state index is 14.3. The van der Waals surface area contributed by atoms with Gasteiger partial charge in [0.1, 0.15) is 11.6 Å². The first-order valence-electron chi connectivity index (χ1n) is 17.2. The van der Waals surface area contributed by atoms with Gasteiger partial charge in [0, 0.05) is 22.7 Å². The minimum Gasteiger partial charge on any atom is -0.359 e. The Kier molecular flexibility index (Phi) is 9.35. The predicted octanol–water partition coefficient (Wildman–Crippen LogP) is 5.33. The number of ether oxygens (including phenoxy) is 1. The van der Waals surface area contributed by atoms with Crippen molar-refractivity contribution in [2.24, 2.45) is 17.8 Å². The Hall–Kier alpha value is -3.01. The maximum absolute atomic E-state index is 14.3. The van der Waals surface area contributed by atoms with E-state index in [4.69, 9.17) is 4.74 Å². The van der Waals surface area contributed by atoms with E-state index in [9.17, 15) is 14.4 Å². The lowest BCUT2D eigenvalue weighted by atomic mass is 9.74. The summed E-state index contributed by atoms with van der Waals surface area (Å²) in [5.74, 6) is -1.26. The van der Waals surface area contributed by atoms with Crippen molar-refractivity contribution in [3.8, 4) is 0 Å². The maximum Gasteiger partial charge on any atom is 0.246 e. The van der Waals surface area contributed by atoms with Crippen molar-refractivity contribution in [3.05, 3.63) is 76.8 Å². The van der Waals surface area contributed by atoms with Gasteiger partial charge >= 0.3 is 0 Å². The molecule has 7 rings (SSSR count). The molecule has 0 aromatic heterocycles. The van der Waals surface area contributed by atoms with Crippen molar-refractivity contribution < 1.29 is 19.1 Å². The summed E-state index contributed by atoms with van der Waals surface area (Å²) < 4.78 is 7.46. The third-order valence-electron chi connectivity index (χ3n) is 10.9. The summed E-state index contributed by atoms with van der Waals surface area (Å²) in [6.07, 6.45) is 12.8. The molecule has 9 heteroatoms. The zero-order chi connectivity index (χ0) is 31.7. The lowest BCUT2D eigenvalue weighted by Crippen LogP contribution is -2.56. The van der Waals surface area contributed by atoms with Crippen LogP contribution in [0.2, 0.25) is 0 Å². The van der Waals surface area contributed by atoms with Crippen LogP contribution >= 0.6 is 15.9 Å². The first kappa shape index (κ1) is 31.6. The second-order valence-corrected chi connectivity index (χ2v) is 14.8. The molecule has 3 amide bonds. The molecule has 0 radical (unpaired) electrons. The van der Waals surface area contributed by atoms with Crippen LogP contribution in [0.15, 0.2) is 71.2 Å². The number of rotatable bonds is 10. The van der Waals surface area contributed by atoms with Gasteiger partial charge < -0.3 is 25.2 Å². The Labute approximate surface area is 280 Å². The molecule has 244 valence electrons. The molecular formula is C37H45BrN4O4. The molecule has 2 aromatic carbocycles. The zero-order valence-electron chi connectivity index (χ0n) is 26.4. The smallest absolute Gasteiger partial charge is 0.246 e. The summed E-state index contributed by atoms with van der Waals surface area (Å²) in [4.78, 5) is 46.4. The highest BCUT2D eigenvalue weighted by atomic mass is 79.9. The van der Waals surface area contributed by atoms with Gasteiger partial charge in [-0.05, 0) is 93.9 Å². The molecule has 1 aliphatic carbocycles. The van der Waals surface area contributed by atoms with E-state index < -0.39 is 29.6 Å². The molecule has 4 heterocycles. The largest absolute Gasteiger partial charge is 0.359 e. The van der Waals surface area contributed by atoms with E-state index in [1.54, 1.807) is 4.90 Å². The molecule has 1 spiro atoms. The highest BCUT2D eigenvalue weighted by Gasteiger charge is 2.72. The Balaban J connectivity index is 1.04. The van der Waals surface area contributed by atoms with Gasteiger partial charge in [-0.25, -0.2) is 0 Å². The number of halogens is 1. The van der Waals surface area contributed by atoms with Crippen LogP contribution in [0.1, 0.15) is 56.9 Å². The molecular weight excluding hydrogens is 644 g/mol. The van der Waals surface area contributed by atoms with Crippen LogP contribution in [0, 0.1) is 17.8 Å². The monoisotopic (exact) mass is 688 g/mol. The van der Waals surface area contributed by atoms with Gasteiger partial charge in [0.15, 0.2) is 0 Å². The molecule has 2 bridgehead atoms. The normalized spacial score (nSPS) is 29.7. The molecule has 1 saturated carbocycles. The molecule has 2 aromatic rings. The number of amides is 3. The van der Waals surface area contributed by atoms with E-state index in [0.29, 0.717) is 18.2 Å². The highest BCUT2D eigenvalue weighted by molar-refractivity contribution is 9.10. The first-order valence-corrected chi connectivity index (χ1v) is 18.0. The number of carbonyl (C=O) groups is 3. The van der Waals surface area contributed by atoms with Crippen LogP contribution in [0.5, 0.6) is 0 Å². The summed E-state index contributed by atoms with van der Waals surface area (Å²) in [5, 5.41) is 6.30. The molecule has 4 fully saturated rings. The van der Waals surface area contributed by atoms with Crippen LogP contribution in [0.4, 0.5) is 5.69 Å². The van der Waals surface area contributed by atoms with E-state index in [2.05, 4.69) is 61.8 Å². The van der Waals surface area contributed by atoms with Gasteiger partial charge in [-0.2, -0.15) is 0 Å². The van der Waals surface area contributed by atoms with Gasteiger partial charge in [-0.1, -0.05) is 77.7 Å². The number of nitrogens with zero attached hydrogens (tertiary/aromatic N) is 2. The van der Waals surface area contributed by atoms with Crippen molar-refractivity contribution in [3.63, 3.8) is 0 Å². The van der Waals surface area contributed by atoms with E-state index in [-0.39, 0.29) is 23.8 Å². The Morgan fingerprint density at radius 1 is 0.913 bits per heavy atom. The number of benzene rings is 2. The SMILES string of the molecule is O=C(Nc1ccc(Br)cc1)C1[C@H]2C=CC3(O2)C(C(=O)NC2CCCCC2)N(CCCN2CCC(Cc4ccccc4)CC2)C(=O)[C@@H]13. The van der Waals surface area contributed by atoms with Crippen LogP contribution in [0.3, 0.4) is 0 Å². The number of likely N-dealkylation sites (tertiary alicyclic amines) is 2. The molecule has 5 atom stereocenters. The predicted molar refractivity (Wildman–Crippen MR) is 181 cm³/mol. The van der Waals surface area contributed by atoms with Crippen LogP contribution < -0.4 is 10.6 Å². The Morgan fingerprint density at radius 3 is 2.39 bits per heavy atom. The fourth-order valence-corrected chi connectivity index (χ4v) is 8.88. The van der Waals surface area contributed by atoms with E-state index in [1.807, 2.05) is 36.4 Å². The van der Waals surface area contributed by atoms with Gasteiger partial charge in [0.05, 0.1) is 17.9 Å². The number of anilines is 1. The summed E-state index contributed by atoms with van der Waals surface area (Å²) >= 11 is 3.44. The van der Waals surface area contributed by atoms with Crippen LogP contribution in [0.25, 0.3) is 0 Å². The average Bonchev–Trinajstić information content (AvgIpc) is 3.71. The number of nitrogens with one attached hydrogen (secondary N) is 2. The number of fused-ring (bicyclic) bond motifs is 1. The second-order valence-electron chi connectivity index (χ2n) is 13.9. The summed E-state index contributed by atoms with van der Waals surface area (Å²) in [6.45, 7) is 3.45. The molecule has 2 N–H and O–H groups in total. The number of carbonyl (C=O) groups excluding carboxylic acids is 3. The minimum absolute atomic E-state index is 0.116. The lowest BCUT2D eigenvalue weighted by Gasteiger charge is -2.35. The van der Waals surface area contributed by atoms with Crippen molar-refractivity contribution in [1.29, 1.82) is 0 Å². The fourth-order valence-electron chi connectivity index (χ4n) is 8.62. The molecule has 46 heavy (non-hydrogen) atoms. The van der Waals surface area contributed by atoms with Gasteiger partial charge in [-0.15, -0.1) is 0 Å². The quantitative estimate of drug-likeness (QED) is 0.330. The fraction of sp³-hybridized carbons (Fsp3) is 0.541. The number of hydrogen-bond donors (Lipinski definition) is 2. The third-order valence-corrected chi connectivity index (χ3v) is 11.5. The highest BCUT2D eigenvalue weighted by Crippen LogP contribution is 2.55. The minimum atomic E-state index is -1.13. The van der Waals surface area contributed by atoms with Crippen molar-refractivity contribution >= 4 is 39.3 Å². The zero-order valence-corrected chi connectivity index (χ0v) is 28.0. The van der Waals surface area contributed by atoms with Crippen molar-refractivity contribution in [2.45, 2.75) is 81.6 Å². The molecule has 4 aliphatic heterocycles. The van der Waals surface area contributed by atoms with Gasteiger partial charge in [-0.3, -0.25) is 14.4 Å². The topological polar surface area (TPSA) is 91.0 Å². The van der Waals surface area contributed by atoms with E-state index in [1.165, 1.54) is 24.8 Å². The Morgan fingerprint density at radius 2 is 1.65 bits per heavy atom. The number of piperidine rings is 1. The summed E-state index contributed by atoms with van der Waals surface area (Å²) in [7, 11) is 0. The van der Waals surface area contributed by atoms with E-state index >= 15 is 0 Å². The third kappa shape index (κ3) is 6.30. The summed E-state index contributed by atoms with van der Waals surface area (Å²) in [6, 6.07) is 17.5. The van der Waals surface area contributed by atoms with Crippen LogP contribution in [-0.4, -0.2) is 77.5 Å². The van der Waals surface area contributed by atoms with E-state index in [0.717, 1.165) is 62.6 Å². The first-order chi connectivity index (χ1) is 22.4. The average molecular weight is 690 g/mol. The standard InChI is InChI=1S/C37H45BrN4O4/c38-27-12-14-29(15-13-27)39-34(43)31-30-16-19-37(46-30)32(31)36(45)42(33(37)35(44)40-28-10-5-2-6-11-28)21-7-20-41-22-17-26(18-23-41)24-25-8-3-1-4-9-25/h1,3-4,8-9,12-16,19,26,28,30-33H,2,5-7,10-11,17-18,20-24H2,(H,39,43)(H,40,44)/t30-,31?,32-,33?,37?/m1/s1. The van der Waals surface area contributed by atoms with Crippen molar-refractivity contribution in [1.82, 2.24) is 15.1 Å². The van der Waals surface area contributed by atoms with Crippen LogP contribution in [-0.2, 0) is 25.5 Å². The molecule has 5 aliphatic rings. The lowest BCUT2D eigenvalue weighted by molar-refractivity contribution is -0.141. The molecule has 3 saturated heterocycles. The summed E-state index contributed by atoms with van der Waals surface area (Å²) in [5.41, 5.74) is 0.943. The van der Waals surface area contributed by atoms with Crippen molar-refractivity contribution in [2.75, 3.05) is 31.5 Å². The van der Waals surface area contributed by atoms with Gasteiger partial charge in [0.25, 0.3) is 0 Å².